The molecule has 2 aromatic carbocycles. The summed E-state index contributed by atoms with van der Waals surface area (Å²) < 4.78 is 8.09. The first-order valence-electron chi connectivity index (χ1n) is 7.58. The number of benzene rings is 2. The molecule has 1 N–H and O–H groups in total. The van der Waals surface area contributed by atoms with Gasteiger partial charge in [-0.2, -0.15) is 5.10 Å². The quantitative estimate of drug-likeness (QED) is 0.522. The van der Waals surface area contributed by atoms with Crippen LogP contribution in [-0.2, 0) is 0 Å². The summed E-state index contributed by atoms with van der Waals surface area (Å²) >= 11 is 3.47. The Morgan fingerprint density at radius 2 is 2.00 bits per heavy atom. The minimum Gasteiger partial charge on any atom is -0.497 e. The highest BCUT2D eigenvalue weighted by Crippen LogP contribution is 2.17. The van der Waals surface area contributed by atoms with E-state index < -0.39 is 0 Å². The highest BCUT2D eigenvalue weighted by Gasteiger charge is 2.06. The van der Waals surface area contributed by atoms with Gasteiger partial charge in [-0.25, -0.2) is 5.43 Å². The van der Waals surface area contributed by atoms with Gasteiger partial charge in [0.2, 0.25) is 0 Å². The van der Waals surface area contributed by atoms with Gasteiger partial charge in [-0.05, 0) is 48.5 Å². The third-order valence-electron chi connectivity index (χ3n) is 3.56. The lowest BCUT2D eigenvalue weighted by atomic mass is 10.2. The van der Waals surface area contributed by atoms with Crippen molar-refractivity contribution in [3.8, 4) is 11.4 Å². The monoisotopic (exact) mass is 397 g/mol. The molecule has 3 aromatic rings. The summed E-state index contributed by atoms with van der Waals surface area (Å²) in [6.45, 7) is 0. The van der Waals surface area contributed by atoms with Crippen LogP contribution in [-0.4, -0.2) is 23.8 Å². The van der Waals surface area contributed by atoms with Crippen molar-refractivity contribution in [2.45, 2.75) is 0 Å². The zero-order valence-electron chi connectivity index (χ0n) is 13.5. The van der Waals surface area contributed by atoms with Crippen LogP contribution in [0.5, 0.6) is 5.75 Å². The molecular formula is C19H16BrN3O2. The molecule has 3 rings (SSSR count). The molecule has 25 heavy (non-hydrogen) atoms. The van der Waals surface area contributed by atoms with Crippen LogP contribution in [0, 0.1) is 0 Å². The Labute approximate surface area is 154 Å². The van der Waals surface area contributed by atoms with Crippen LogP contribution in [0.4, 0.5) is 0 Å². The van der Waals surface area contributed by atoms with Gasteiger partial charge in [0.05, 0.1) is 19.0 Å². The van der Waals surface area contributed by atoms with Crippen molar-refractivity contribution < 1.29 is 9.53 Å². The Bertz CT molecular complexity index is 918. The number of carbonyl (C=O) groups excluding carboxylic acids is 1. The SMILES string of the molecule is COc1cccc(C(=O)N/N=C\c2cccn2-c2cccc(Br)c2)c1. The molecule has 126 valence electrons. The fourth-order valence-corrected chi connectivity index (χ4v) is 2.73. The zero-order valence-corrected chi connectivity index (χ0v) is 15.1. The molecule has 0 aliphatic rings. The van der Waals surface area contributed by atoms with E-state index in [4.69, 9.17) is 4.74 Å². The van der Waals surface area contributed by atoms with Crippen LogP contribution in [0.15, 0.2) is 76.4 Å². The molecule has 0 unspecified atom stereocenters. The van der Waals surface area contributed by atoms with Gasteiger partial charge < -0.3 is 9.30 Å². The van der Waals surface area contributed by atoms with E-state index in [1.807, 2.05) is 47.2 Å². The molecule has 6 heteroatoms. The maximum absolute atomic E-state index is 12.1. The van der Waals surface area contributed by atoms with E-state index in [0.29, 0.717) is 11.3 Å². The van der Waals surface area contributed by atoms with Gasteiger partial charge in [-0.15, -0.1) is 0 Å². The van der Waals surface area contributed by atoms with Crippen LogP contribution >= 0.6 is 15.9 Å². The summed E-state index contributed by atoms with van der Waals surface area (Å²) in [7, 11) is 1.56. The Morgan fingerprint density at radius 1 is 1.16 bits per heavy atom. The summed E-state index contributed by atoms with van der Waals surface area (Å²) in [5.41, 5.74) is 4.87. The van der Waals surface area contributed by atoms with Gasteiger partial charge in [-0.1, -0.05) is 28.1 Å². The number of hydrogen-bond acceptors (Lipinski definition) is 3. The minimum absolute atomic E-state index is 0.296. The van der Waals surface area contributed by atoms with Crippen molar-refractivity contribution in [3.63, 3.8) is 0 Å². The second kappa shape index (κ2) is 7.81. The number of nitrogens with zero attached hydrogens (tertiary/aromatic N) is 2. The molecule has 0 atom stereocenters. The largest absolute Gasteiger partial charge is 0.497 e. The number of nitrogens with one attached hydrogen (secondary N) is 1. The van der Waals surface area contributed by atoms with Crippen LogP contribution in [0.1, 0.15) is 16.1 Å². The minimum atomic E-state index is -0.296. The molecule has 1 heterocycles. The predicted octanol–water partition coefficient (Wildman–Crippen LogP) is 4.01. The van der Waals surface area contributed by atoms with E-state index in [1.54, 1.807) is 37.6 Å². The summed E-state index contributed by atoms with van der Waals surface area (Å²) in [5, 5.41) is 4.06. The fraction of sp³-hybridized carbons (Fsp3) is 0.0526. The van der Waals surface area contributed by atoms with Crippen molar-refractivity contribution in [1.29, 1.82) is 0 Å². The van der Waals surface area contributed by atoms with Gasteiger partial charge in [-0.3, -0.25) is 4.79 Å². The topological polar surface area (TPSA) is 55.6 Å². The Hall–Kier alpha value is -2.86. The molecule has 0 fully saturated rings. The maximum atomic E-state index is 12.1. The first kappa shape index (κ1) is 17.0. The first-order chi connectivity index (χ1) is 12.2. The Balaban J connectivity index is 1.73. The average Bonchev–Trinajstić information content (AvgIpc) is 3.10. The van der Waals surface area contributed by atoms with Crippen LogP contribution in [0.2, 0.25) is 0 Å². The molecule has 0 saturated carbocycles. The second-order valence-electron chi connectivity index (χ2n) is 5.21. The highest BCUT2D eigenvalue weighted by molar-refractivity contribution is 9.10. The molecular weight excluding hydrogens is 382 g/mol. The lowest BCUT2D eigenvalue weighted by molar-refractivity contribution is 0.0955. The summed E-state index contributed by atoms with van der Waals surface area (Å²) in [5.74, 6) is 0.330. The zero-order chi connectivity index (χ0) is 17.6. The lowest BCUT2D eigenvalue weighted by Gasteiger charge is -2.07. The summed E-state index contributed by atoms with van der Waals surface area (Å²) in [4.78, 5) is 12.1. The molecule has 0 aliphatic carbocycles. The number of rotatable bonds is 5. The first-order valence-corrected chi connectivity index (χ1v) is 8.37. The van der Waals surface area contributed by atoms with Gasteiger partial charge in [0.1, 0.15) is 5.75 Å². The van der Waals surface area contributed by atoms with Crippen LogP contribution in [0.25, 0.3) is 5.69 Å². The number of amides is 1. The van der Waals surface area contributed by atoms with E-state index in [-0.39, 0.29) is 5.91 Å². The molecule has 0 saturated heterocycles. The van der Waals surface area contributed by atoms with Crippen LogP contribution in [0.3, 0.4) is 0 Å². The van der Waals surface area contributed by atoms with Gasteiger partial charge in [0.25, 0.3) is 5.91 Å². The van der Waals surface area contributed by atoms with E-state index in [2.05, 4.69) is 26.5 Å². The van der Waals surface area contributed by atoms with E-state index in [9.17, 15) is 4.79 Å². The standard InChI is InChI=1S/C19H16BrN3O2/c1-25-18-9-2-5-14(11-18)19(24)22-21-13-17-8-4-10-23(17)16-7-3-6-15(20)12-16/h2-13H,1H3,(H,22,24)/b21-13-. The van der Waals surface area contributed by atoms with E-state index >= 15 is 0 Å². The fourth-order valence-electron chi connectivity index (χ4n) is 2.35. The Morgan fingerprint density at radius 3 is 2.80 bits per heavy atom. The van der Waals surface area contributed by atoms with Gasteiger partial charge in [0.15, 0.2) is 0 Å². The molecule has 0 aliphatic heterocycles. The van der Waals surface area contributed by atoms with Gasteiger partial charge >= 0.3 is 0 Å². The normalized spacial score (nSPS) is 10.8. The molecule has 1 aromatic heterocycles. The van der Waals surface area contributed by atoms with E-state index in [0.717, 1.165) is 15.9 Å². The third-order valence-corrected chi connectivity index (χ3v) is 4.05. The molecule has 5 nitrogen and oxygen atoms in total. The predicted molar refractivity (Wildman–Crippen MR) is 102 cm³/mol. The lowest BCUT2D eigenvalue weighted by Crippen LogP contribution is -2.17. The smallest absolute Gasteiger partial charge is 0.271 e. The molecule has 0 bridgehead atoms. The third kappa shape index (κ3) is 4.16. The number of hydrazone groups is 1. The Kier molecular flexibility index (Phi) is 5.30. The van der Waals surface area contributed by atoms with Gasteiger partial charge in [0, 0.05) is 21.9 Å². The number of hydrogen-bond donors (Lipinski definition) is 1. The maximum Gasteiger partial charge on any atom is 0.271 e. The van der Waals surface area contributed by atoms with Crippen molar-refractivity contribution >= 4 is 28.1 Å². The number of aromatic nitrogens is 1. The second-order valence-corrected chi connectivity index (χ2v) is 6.13. The van der Waals surface area contributed by atoms with Crippen molar-refractivity contribution in [1.82, 2.24) is 9.99 Å². The average molecular weight is 398 g/mol. The number of ether oxygens (including phenoxy) is 1. The van der Waals surface area contributed by atoms with Crippen molar-refractivity contribution in [3.05, 3.63) is 82.6 Å². The summed E-state index contributed by atoms with van der Waals surface area (Å²) in [6.07, 6.45) is 3.55. The number of carbonyl (C=O) groups is 1. The molecule has 0 spiro atoms. The van der Waals surface area contributed by atoms with Crippen molar-refractivity contribution in [2.75, 3.05) is 7.11 Å². The molecule has 1 amide bonds. The van der Waals surface area contributed by atoms with Crippen LogP contribution < -0.4 is 10.2 Å². The highest BCUT2D eigenvalue weighted by atomic mass is 79.9. The number of halogens is 1. The molecule has 0 radical (unpaired) electrons. The number of methoxy groups -OCH3 is 1. The van der Waals surface area contributed by atoms with E-state index in [1.165, 1.54) is 0 Å². The summed E-state index contributed by atoms with van der Waals surface area (Å²) in [6, 6.07) is 18.7. The van der Waals surface area contributed by atoms with Crippen molar-refractivity contribution in [2.24, 2.45) is 5.10 Å².